The Morgan fingerprint density at radius 2 is 2.00 bits per heavy atom. The summed E-state index contributed by atoms with van der Waals surface area (Å²) in [6.45, 7) is 2.04. The predicted molar refractivity (Wildman–Crippen MR) is 99.0 cm³/mol. The van der Waals surface area contributed by atoms with Crippen molar-refractivity contribution in [2.45, 2.75) is 21.9 Å². The van der Waals surface area contributed by atoms with Crippen LogP contribution in [0.25, 0.3) is 0 Å². The molecule has 0 bridgehead atoms. The molecule has 0 fully saturated rings. The third-order valence-electron chi connectivity index (χ3n) is 2.90. The number of anilines is 1. The SMILES string of the molecule is CCSc1nnc(NC(=O)c2ccc(CSc3ccccc3)o2)s1. The smallest absolute Gasteiger partial charge is 0.293 e. The molecular formula is C16H15N3O2S3. The van der Waals surface area contributed by atoms with Crippen LogP contribution in [0.5, 0.6) is 0 Å². The maximum absolute atomic E-state index is 12.2. The fraction of sp³-hybridized carbons (Fsp3) is 0.188. The van der Waals surface area contributed by atoms with Gasteiger partial charge in [-0.25, -0.2) is 0 Å². The summed E-state index contributed by atoms with van der Waals surface area (Å²) in [5.41, 5.74) is 0. The molecule has 1 aromatic carbocycles. The van der Waals surface area contributed by atoms with E-state index in [0.717, 1.165) is 20.7 Å². The highest BCUT2D eigenvalue weighted by molar-refractivity contribution is 8.01. The van der Waals surface area contributed by atoms with E-state index in [1.807, 2.05) is 43.3 Å². The second-order valence-electron chi connectivity index (χ2n) is 4.63. The molecule has 124 valence electrons. The zero-order valence-corrected chi connectivity index (χ0v) is 15.3. The van der Waals surface area contributed by atoms with E-state index in [-0.39, 0.29) is 11.7 Å². The molecule has 2 aromatic heterocycles. The Bertz CT molecular complexity index is 802. The zero-order chi connectivity index (χ0) is 16.8. The summed E-state index contributed by atoms with van der Waals surface area (Å²) in [5.74, 6) is 2.32. The molecule has 2 heterocycles. The topological polar surface area (TPSA) is 68.0 Å². The Kier molecular flexibility index (Phi) is 5.95. The van der Waals surface area contributed by atoms with Crippen molar-refractivity contribution in [3.05, 3.63) is 54.0 Å². The van der Waals surface area contributed by atoms with Gasteiger partial charge in [0.25, 0.3) is 5.91 Å². The molecule has 8 heteroatoms. The van der Waals surface area contributed by atoms with Crippen molar-refractivity contribution in [2.24, 2.45) is 0 Å². The van der Waals surface area contributed by atoms with Gasteiger partial charge in [0, 0.05) is 4.90 Å². The monoisotopic (exact) mass is 377 g/mol. The number of furan rings is 1. The lowest BCUT2D eigenvalue weighted by Gasteiger charge is -1.99. The van der Waals surface area contributed by atoms with Gasteiger partial charge < -0.3 is 4.42 Å². The molecule has 5 nitrogen and oxygen atoms in total. The maximum atomic E-state index is 12.2. The Morgan fingerprint density at radius 3 is 2.79 bits per heavy atom. The molecule has 1 amide bonds. The molecule has 24 heavy (non-hydrogen) atoms. The van der Waals surface area contributed by atoms with Crippen molar-refractivity contribution < 1.29 is 9.21 Å². The second-order valence-corrected chi connectivity index (χ2v) is 8.17. The fourth-order valence-electron chi connectivity index (χ4n) is 1.85. The van der Waals surface area contributed by atoms with Gasteiger partial charge in [-0.3, -0.25) is 10.1 Å². The maximum Gasteiger partial charge on any atom is 0.293 e. The number of hydrogen-bond acceptors (Lipinski definition) is 7. The highest BCUT2D eigenvalue weighted by Crippen LogP contribution is 2.26. The van der Waals surface area contributed by atoms with Gasteiger partial charge in [-0.1, -0.05) is 48.2 Å². The van der Waals surface area contributed by atoms with Gasteiger partial charge in [-0.05, 0) is 30.0 Å². The molecule has 0 aliphatic rings. The Morgan fingerprint density at radius 1 is 1.17 bits per heavy atom. The quantitative estimate of drug-likeness (QED) is 0.472. The van der Waals surface area contributed by atoms with E-state index in [9.17, 15) is 4.79 Å². The normalized spacial score (nSPS) is 10.7. The van der Waals surface area contributed by atoms with Crippen LogP contribution in [0, 0.1) is 0 Å². The first-order valence-electron chi connectivity index (χ1n) is 7.29. The molecule has 0 aliphatic carbocycles. The van der Waals surface area contributed by atoms with Crippen LogP contribution in [0.3, 0.4) is 0 Å². The van der Waals surface area contributed by atoms with E-state index >= 15 is 0 Å². The van der Waals surface area contributed by atoms with Crippen molar-refractivity contribution in [1.29, 1.82) is 0 Å². The molecule has 0 spiro atoms. The Hall–Kier alpha value is -1.77. The minimum absolute atomic E-state index is 0.276. The number of amides is 1. The van der Waals surface area contributed by atoms with E-state index < -0.39 is 0 Å². The summed E-state index contributed by atoms with van der Waals surface area (Å²) in [4.78, 5) is 13.4. The number of carbonyl (C=O) groups excluding carboxylic acids is 1. The highest BCUT2D eigenvalue weighted by Gasteiger charge is 2.14. The fourth-order valence-corrected chi connectivity index (χ4v) is 4.31. The summed E-state index contributed by atoms with van der Waals surface area (Å²) >= 11 is 4.62. The molecule has 3 rings (SSSR count). The lowest BCUT2D eigenvalue weighted by molar-refractivity contribution is 0.0995. The molecule has 0 radical (unpaired) electrons. The van der Waals surface area contributed by atoms with E-state index in [0.29, 0.717) is 10.9 Å². The lowest BCUT2D eigenvalue weighted by atomic mass is 10.4. The summed E-state index contributed by atoms with van der Waals surface area (Å²) in [7, 11) is 0. The van der Waals surface area contributed by atoms with Crippen molar-refractivity contribution in [3.63, 3.8) is 0 Å². The van der Waals surface area contributed by atoms with Crippen molar-refractivity contribution in [1.82, 2.24) is 10.2 Å². The van der Waals surface area contributed by atoms with Crippen LogP contribution in [0.1, 0.15) is 23.2 Å². The molecule has 1 N–H and O–H groups in total. The highest BCUT2D eigenvalue weighted by atomic mass is 32.2. The number of benzene rings is 1. The number of hydrogen-bond donors (Lipinski definition) is 1. The van der Waals surface area contributed by atoms with Gasteiger partial charge in [0.15, 0.2) is 10.1 Å². The van der Waals surface area contributed by atoms with Gasteiger partial charge in [-0.2, -0.15) is 0 Å². The summed E-state index contributed by atoms with van der Waals surface area (Å²) in [5, 5.41) is 11.2. The van der Waals surface area contributed by atoms with Crippen molar-refractivity contribution >= 4 is 45.9 Å². The van der Waals surface area contributed by atoms with Gasteiger partial charge >= 0.3 is 0 Å². The van der Waals surface area contributed by atoms with Crippen LogP contribution < -0.4 is 5.32 Å². The van der Waals surface area contributed by atoms with Crippen LogP contribution in [0.15, 0.2) is 56.1 Å². The zero-order valence-electron chi connectivity index (χ0n) is 12.9. The third-order valence-corrected chi connectivity index (χ3v) is 5.79. The number of thioether (sulfide) groups is 2. The van der Waals surface area contributed by atoms with Gasteiger partial charge in [0.2, 0.25) is 5.13 Å². The lowest BCUT2D eigenvalue weighted by Crippen LogP contribution is -2.10. The molecule has 0 saturated carbocycles. The summed E-state index contributed by atoms with van der Waals surface area (Å²) in [6.07, 6.45) is 0. The molecular weight excluding hydrogens is 362 g/mol. The summed E-state index contributed by atoms with van der Waals surface area (Å²) < 4.78 is 6.45. The molecule has 3 aromatic rings. The van der Waals surface area contributed by atoms with E-state index in [1.165, 1.54) is 11.3 Å². The minimum Gasteiger partial charge on any atom is -0.455 e. The van der Waals surface area contributed by atoms with E-state index in [4.69, 9.17) is 4.42 Å². The Balaban J connectivity index is 1.56. The molecule has 0 aliphatic heterocycles. The van der Waals surface area contributed by atoms with Crippen LogP contribution in [0.2, 0.25) is 0 Å². The summed E-state index contributed by atoms with van der Waals surface area (Å²) in [6, 6.07) is 13.6. The number of carbonyl (C=O) groups is 1. The first-order chi connectivity index (χ1) is 11.7. The van der Waals surface area contributed by atoms with Crippen LogP contribution in [0.4, 0.5) is 5.13 Å². The second kappa shape index (κ2) is 8.36. The molecule has 0 saturated heterocycles. The average molecular weight is 378 g/mol. The standard InChI is InChI=1S/C16H15N3O2S3/c1-2-22-16-19-18-15(24-16)17-14(20)13-9-8-11(21-13)10-23-12-6-4-3-5-7-12/h3-9H,2,10H2,1H3,(H,17,18,20). The first-order valence-corrected chi connectivity index (χ1v) is 10.1. The first kappa shape index (κ1) is 17.1. The van der Waals surface area contributed by atoms with Crippen LogP contribution >= 0.6 is 34.9 Å². The number of aromatic nitrogens is 2. The molecule has 0 atom stereocenters. The van der Waals surface area contributed by atoms with Crippen molar-refractivity contribution in [2.75, 3.05) is 11.1 Å². The Labute approximate surface area is 152 Å². The van der Waals surface area contributed by atoms with Gasteiger partial charge in [0.1, 0.15) is 5.76 Å². The van der Waals surface area contributed by atoms with E-state index in [1.54, 1.807) is 29.6 Å². The molecule has 0 unspecified atom stereocenters. The number of nitrogens with zero attached hydrogens (tertiary/aromatic N) is 2. The number of rotatable bonds is 7. The average Bonchev–Trinajstić information content (AvgIpc) is 3.24. The van der Waals surface area contributed by atoms with Crippen LogP contribution in [-0.4, -0.2) is 21.9 Å². The van der Waals surface area contributed by atoms with E-state index in [2.05, 4.69) is 15.5 Å². The van der Waals surface area contributed by atoms with Gasteiger partial charge in [-0.15, -0.1) is 22.0 Å². The van der Waals surface area contributed by atoms with Crippen LogP contribution in [-0.2, 0) is 5.75 Å². The van der Waals surface area contributed by atoms with Gasteiger partial charge in [0.05, 0.1) is 5.75 Å². The van der Waals surface area contributed by atoms with Crippen molar-refractivity contribution in [3.8, 4) is 0 Å². The predicted octanol–water partition coefficient (Wildman–Crippen LogP) is 4.79. The minimum atomic E-state index is -0.310. The third kappa shape index (κ3) is 4.62. The largest absolute Gasteiger partial charge is 0.455 e. The number of nitrogens with one attached hydrogen (secondary N) is 1.